The minimum absolute atomic E-state index is 0.0256. The van der Waals surface area contributed by atoms with Crippen LogP contribution in [0.1, 0.15) is 24.4 Å². The van der Waals surface area contributed by atoms with Gasteiger partial charge in [-0.25, -0.2) is 4.39 Å². The molecule has 0 amide bonds. The second-order valence-corrected chi connectivity index (χ2v) is 8.01. The van der Waals surface area contributed by atoms with Gasteiger partial charge in [-0.2, -0.15) is 9.64 Å². The van der Waals surface area contributed by atoms with Crippen molar-refractivity contribution in [1.29, 1.82) is 5.26 Å². The molecule has 6 nitrogen and oxygen atoms in total. The van der Waals surface area contributed by atoms with E-state index in [1.165, 1.54) is 23.9 Å². The fraction of sp³-hybridized carbons (Fsp3) is 0.250. The van der Waals surface area contributed by atoms with Crippen molar-refractivity contribution < 1.29 is 4.39 Å². The molecule has 10 heteroatoms. The average Bonchev–Trinajstić information content (AvgIpc) is 3.18. The number of aromatic nitrogens is 4. The highest BCUT2D eigenvalue weighted by Gasteiger charge is 2.23. The summed E-state index contributed by atoms with van der Waals surface area (Å²) in [6, 6.07) is 8.14. The lowest BCUT2D eigenvalue weighted by atomic mass is 10.2. The van der Waals surface area contributed by atoms with Gasteiger partial charge in [-0.05, 0) is 68.6 Å². The maximum absolute atomic E-state index is 13.4. The van der Waals surface area contributed by atoms with E-state index in [-0.39, 0.29) is 17.0 Å². The highest BCUT2D eigenvalue weighted by molar-refractivity contribution is 8.01. The van der Waals surface area contributed by atoms with Gasteiger partial charge in [0.25, 0.3) is 0 Å². The molecule has 134 valence electrons. The van der Waals surface area contributed by atoms with Crippen molar-refractivity contribution in [3.8, 4) is 11.8 Å². The number of rotatable bonds is 5. The molecule has 0 bridgehead atoms. The van der Waals surface area contributed by atoms with Crippen molar-refractivity contribution in [3.63, 3.8) is 0 Å². The van der Waals surface area contributed by atoms with Gasteiger partial charge in [0.05, 0.1) is 6.04 Å². The minimum Gasteiger partial charge on any atom is -0.300 e. The summed E-state index contributed by atoms with van der Waals surface area (Å²) in [6.07, 6.45) is 0. The van der Waals surface area contributed by atoms with E-state index in [2.05, 4.69) is 20.6 Å². The first kappa shape index (κ1) is 18.8. The molecule has 0 N–H and O–H groups in total. The molecule has 2 heterocycles. The number of hydrogen-bond donors (Lipinski definition) is 0. The second-order valence-electron chi connectivity index (χ2n) is 5.64. The minimum atomic E-state index is -0.320. The van der Waals surface area contributed by atoms with Gasteiger partial charge in [0.1, 0.15) is 21.7 Å². The fourth-order valence-corrected chi connectivity index (χ4v) is 4.29. The summed E-state index contributed by atoms with van der Waals surface area (Å²) < 4.78 is 19.9. The van der Waals surface area contributed by atoms with Gasteiger partial charge in [-0.15, -0.1) is 10.2 Å². The second kappa shape index (κ2) is 7.72. The molecule has 2 aromatic heterocycles. The van der Waals surface area contributed by atoms with Crippen LogP contribution in [0.5, 0.6) is 0 Å². The van der Waals surface area contributed by atoms with Crippen molar-refractivity contribution >= 4 is 34.9 Å². The number of benzene rings is 1. The predicted octanol–water partition coefficient (Wildman–Crippen LogP) is 4.16. The van der Waals surface area contributed by atoms with E-state index in [4.69, 9.17) is 11.6 Å². The van der Waals surface area contributed by atoms with Crippen LogP contribution in [0.4, 0.5) is 4.39 Å². The lowest BCUT2D eigenvalue weighted by Crippen LogP contribution is -2.20. The van der Waals surface area contributed by atoms with Crippen LogP contribution < -0.4 is 0 Å². The molecule has 26 heavy (non-hydrogen) atoms. The van der Waals surface area contributed by atoms with Crippen LogP contribution in [0.15, 0.2) is 33.6 Å². The Morgan fingerprint density at radius 3 is 2.62 bits per heavy atom. The summed E-state index contributed by atoms with van der Waals surface area (Å²) >= 11 is 8.35. The van der Waals surface area contributed by atoms with E-state index in [0.717, 1.165) is 17.2 Å². The number of hydrogen-bond acceptors (Lipinski definition) is 7. The molecule has 3 aromatic rings. The molecular formula is C16H14ClFN6S2. The van der Waals surface area contributed by atoms with Gasteiger partial charge in [0.2, 0.25) is 5.16 Å². The molecule has 0 fully saturated rings. The van der Waals surface area contributed by atoms with Crippen molar-refractivity contribution in [1.82, 2.24) is 24.0 Å². The summed E-state index contributed by atoms with van der Waals surface area (Å²) in [5.41, 5.74) is 1.05. The Kier molecular flexibility index (Phi) is 5.58. The molecule has 0 spiro atoms. The van der Waals surface area contributed by atoms with Crippen LogP contribution in [-0.2, 0) is 0 Å². The van der Waals surface area contributed by atoms with E-state index in [9.17, 15) is 9.65 Å². The number of halogens is 2. The molecule has 3 rings (SSSR count). The highest BCUT2D eigenvalue weighted by Crippen LogP contribution is 2.37. The standard InChI is InChI=1S/C16H14ClFN6S2/c1-9(23(2)3)14-20-21-16(24(14)11-6-4-10(18)5-7-11)25-15-12(8-19)13(17)22-26-15/h4-7,9H,1-3H3. The topological polar surface area (TPSA) is 70.6 Å². The largest absolute Gasteiger partial charge is 0.300 e. The van der Waals surface area contributed by atoms with Crippen molar-refractivity contribution in [2.75, 3.05) is 14.1 Å². The van der Waals surface area contributed by atoms with E-state index in [1.807, 2.05) is 30.5 Å². The summed E-state index contributed by atoms with van der Waals surface area (Å²) in [4.78, 5) is 2.00. The van der Waals surface area contributed by atoms with Gasteiger partial charge in [-0.1, -0.05) is 11.6 Å². The zero-order valence-electron chi connectivity index (χ0n) is 14.1. The molecule has 0 aliphatic rings. The summed E-state index contributed by atoms with van der Waals surface area (Å²) in [5, 5.41) is 18.6. The SMILES string of the molecule is CC(c1nnc(Sc2snc(Cl)c2C#N)n1-c1ccc(F)cc1)N(C)C. The Bertz CT molecular complexity index is 960. The Hall–Kier alpha value is -1.99. The van der Waals surface area contributed by atoms with Crippen molar-refractivity contribution in [2.24, 2.45) is 0 Å². The zero-order chi connectivity index (χ0) is 18.8. The molecule has 0 saturated heterocycles. The lowest BCUT2D eigenvalue weighted by molar-refractivity contribution is 0.305. The van der Waals surface area contributed by atoms with Crippen molar-refractivity contribution in [3.05, 3.63) is 46.6 Å². The van der Waals surface area contributed by atoms with Crippen LogP contribution in [-0.4, -0.2) is 38.1 Å². The predicted molar refractivity (Wildman–Crippen MR) is 99.4 cm³/mol. The van der Waals surface area contributed by atoms with Gasteiger partial charge >= 0.3 is 0 Å². The Balaban J connectivity index is 2.10. The summed E-state index contributed by atoms with van der Waals surface area (Å²) in [6.45, 7) is 2.00. The van der Waals surface area contributed by atoms with Crippen LogP contribution in [0, 0.1) is 17.1 Å². The molecule has 0 radical (unpaired) electrons. The molecule has 1 atom stereocenters. The van der Waals surface area contributed by atoms with E-state index in [1.54, 1.807) is 12.1 Å². The van der Waals surface area contributed by atoms with Gasteiger partial charge in [0.15, 0.2) is 11.0 Å². The number of nitrogens with zero attached hydrogens (tertiary/aromatic N) is 6. The monoisotopic (exact) mass is 408 g/mol. The first-order chi connectivity index (χ1) is 12.4. The molecule has 0 aliphatic heterocycles. The van der Waals surface area contributed by atoms with Gasteiger partial charge in [0, 0.05) is 5.69 Å². The highest BCUT2D eigenvalue weighted by atomic mass is 35.5. The van der Waals surface area contributed by atoms with Crippen LogP contribution in [0.2, 0.25) is 5.15 Å². The summed E-state index contributed by atoms with van der Waals surface area (Å²) in [7, 11) is 3.88. The Labute approximate surface area is 163 Å². The maximum atomic E-state index is 13.4. The maximum Gasteiger partial charge on any atom is 0.201 e. The van der Waals surface area contributed by atoms with Gasteiger partial charge in [-0.3, -0.25) is 9.47 Å². The van der Waals surface area contributed by atoms with E-state index >= 15 is 0 Å². The third-order valence-electron chi connectivity index (χ3n) is 3.81. The molecular weight excluding hydrogens is 395 g/mol. The quantitative estimate of drug-likeness (QED) is 0.631. The molecule has 1 unspecified atom stereocenters. The van der Waals surface area contributed by atoms with Crippen LogP contribution in [0.25, 0.3) is 5.69 Å². The smallest absolute Gasteiger partial charge is 0.201 e. The Morgan fingerprint density at radius 1 is 1.31 bits per heavy atom. The van der Waals surface area contributed by atoms with Gasteiger partial charge < -0.3 is 0 Å². The van der Waals surface area contributed by atoms with Crippen molar-refractivity contribution in [2.45, 2.75) is 22.3 Å². The first-order valence-corrected chi connectivity index (χ1v) is 9.50. The van der Waals surface area contributed by atoms with E-state index in [0.29, 0.717) is 20.8 Å². The van der Waals surface area contributed by atoms with Crippen LogP contribution >= 0.6 is 34.9 Å². The average molecular weight is 409 g/mol. The lowest BCUT2D eigenvalue weighted by Gasteiger charge is -2.20. The first-order valence-electron chi connectivity index (χ1n) is 7.53. The normalized spacial score (nSPS) is 12.3. The van der Waals surface area contributed by atoms with Crippen LogP contribution in [0.3, 0.4) is 0 Å². The summed E-state index contributed by atoms with van der Waals surface area (Å²) in [5.74, 6) is 0.387. The third kappa shape index (κ3) is 3.59. The molecule has 1 aromatic carbocycles. The molecule has 0 aliphatic carbocycles. The number of nitriles is 1. The Morgan fingerprint density at radius 2 is 2.00 bits per heavy atom. The fourth-order valence-electron chi connectivity index (χ4n) is 2.18. The third-order valence-corrected chi connectivity index (χ3v) is 6.13. The molecule has 0 saturated carbocycles. The van der Waals surface area contributed by atoms with E-state index < -0.39 is 0 Å². The zero-order valence-corrected chi connectivity index (χ0v) is 16.5.